The lowest BCUT2D eigenvalue weighted by molar-refractivity contribution is -0.124. The van der Waals surface area contributed by atoms with E-state index in [-0.39, 0.29) is 5.91 Å². The molecule has 2 aliphatic rings. The van der Waals surface area contributed by atoms with Crippen LogP contribution in [-0.4, -0.2) is 19.3 Å². The maximum absolute atomic E-state index is 12.9. The van der Waals surface area contributed by atoms with Gasteiger partial charge in [0.25, 0.3) is 5.91 Å². The maximum atomic E-state index is 12.9. The third kappa shape index (κ3) is 1.02. The van der Waals surface area contributed by atoms with Crippen molar-refractivity contribution < 1.29 is 9.18 Å². The van der Waals surface area contributed by atoms with Crippen molar-refractivity contribution in [2.45, 2.75) is 18.4 Å². The molecule has 2 heterocycles. The number of rotatable bonds is 1. The Morgan fingerprint density at radius 3 is 2.94 bits per heavy atom. The standard InChI is InChI=1S/C12H13FN2O/c13-8-15-10-5-2-1-4-9(10)12(11(15)16)6-3-7-14-12/h1-2,4-5,14H,3,6-8H2. The van der Waals surface area contributed by atoms with Crippen LogP contribution in [0.15, 0.2) is 24.3 Å². The van der Waals surface area contributed by atoms with Gasteiger partial charge in [-0.05, 0) is 25.5 Å². The van der Waals surface area contributed by atoms with E-state index in [9.17, 15) is 9.18 Å². The summed E-state index contributed by atoms with van der Waals surface area (Å²) in [5.41, 5.74) is 0.988. The van der Waals surface area contributed by atoms with Crippen molar-refractivity contribution in [3.63, 3.8) is 0 Å². The summed E-state index contributed by atoms with van der Waals surface area (Å²) in [7, 11) is 0. The number of alkyl halides is 1. The van der Waals surface area contributed by atoms with Crippen LogP contribution in [-0.2, 0) is 10.3 Å². The number of benzene rings is 1. The molecule has 1 aromatic rings. The molecule has 1 aromatic carbocycles. The summed E-state index contributed by atoms with van der Waals surface area (Å²) in [5.74, 6) is -0.145. The zero-order valence-electron chi connectivity index (χ0n) is 8.87. The Balaban J connectivity index is 2.19. The van der Waals surface area contributed by atoms with Crippen LogP contribution in [0.25, 0.3) is 0 Å². The summed E-state index contributed by atoms with van der Waals surface area (Å²) in [5, 5.41) is 3.24. The van der Waals surface area contributed by atoms with E-state index < -0.39 is 12.3 Å². The Kier molecular flexibility index (Phi) is 2.01. The molecule has 0 radical (unpaired) electrons. The van der Waals surface area contributed by atoms with E-state index in [0.29, 0.717) is 5.69 Å². The fraction of sp³-hybridized carbons (Fsp3) is 0.417. The molecule has 0 aliphatic carbocycles. The third-order valence-electron chi connectivity index (χ3n) is 3.54. The van der Waals surface area contributed by atoms with Gasteiger partial charge in [-0.25, -0.2) is 4.39 Å². The molecular weight excluding hydrogens is 207 g/mol. The number of halogens is 1. The topological polar surface area (TPSA) is 32.3 Å². The Morgan fingerprint density at radius 1 is 1.44 bits per heavy atom. The van der Waals surface area contributed by atoms with Gasteiger partial charge < -0.3 is 0 Å². The average molecular weight is 220 g/mol. The SMILES string of the molecule is O=C1N(CF)c2ccccc2C12CCCN2. The van der Waals surface area contributed by atoms with Crippen LogP contribution in [0.4, 0.5) is 10.1 Å². The van der Waals surface area contributed by atoms with Crippen molar-refractivity contribution in [2.75, 3.05) is 18.2 Å². The molecule has 0 aromatic heterocycles. The minimum absolute atomic E-state index is 0.145. The maximum Gasteiger partial charge on any atom is 0.254 e. The first-order valence-electron chi connectivity index (χ1n) is 5.52. The Labute approximate surface area is 93.2 Å². The van der Waals surface area contributed by atoms with E-state index in [4.69, 9.17) is 0 Å². The number of anilines is 1. The van der Waals surface area contributed by atoms with Crippen LogP contribution < -0.4 is 10.2 Å². The van der Waals surface area contributed by atoms with E-state index in [1.54, 1.807) is 0 Å². The van der Waals surface area contributed by atoms with Crippen LogP contribution in [0, 0.1) is 0 Å². The number of para-hydroxylation sites is 1. The summed E-state index contributed by atoms with van der Waals surface area (Å²) in [6.45, 7) is 0.0689. The first-order chi connectivity index (χ1) is 7.79. The van der Waals surface area contributed by atoms with Crippen LogP contribution in [0.5, 0.6) is 0 Å². The van der Waals surface area contributed by atoms with E-state index in [1.165, 1.54) is 4.90 Å². The van der Waals surface area contributed by atoms with E-state index in [1.807, 2.05) is 24.3 Å². The first-order valence-corrected chi connectivity index (χ1v) is 5.52. The highest BCUT2D eigenvalue weighted by molar-refractivity contribution is 6.07. The van der Waals surface area contributed by atoms with Crippen LogP contribution >= 0.6 is 0 Å². The number of nitrogens with one attached hydrogen (secondary N) is 1. The van der Waals surface area contributed by atoms with Gasteiger partial charge in [0.1, 0.15) is 5.54 Å². The molecule has 0 saturated carbocycles. The molecule has 1 saturated heterocycles. The number of hydrogen-bond acceptors (Lipinski definition) is 2. The molecule has 1 fully saturated rings. The molecule has 4 heteroatoms. The van der Waals surface area contributed by atoms with Gasteiger partial charge in [-0.15, -0.1) is 0 Å². The first kappa shape index (κ1) is 9.78. The molecule has 1 spiro atoms. The van der Waals surface area contributed by atoms with Crippen molar-refractivity contribution in [3.05, 3.63) is 29.8 Å². The Morgan fingerprint density at radius 2 is 2.25 bits per heavy atom. The fourth-order valence-electron chi connectivity index (χ4n) is 2.80. The molecule has 3 rings (SSSR count). The average Bonchev–Trinajstić information content (AvgIpc) is 2.88. The van der Waals surface area contributed by atoms with Gasteiger partial charge in [0.2, 0.25) is 0 Å². The molecular formula is C12H13FN2O. The molecule has 1 atom stereocenters. The van der Waals surface area contributed by atoms with Crippen LogP contribution in [0.1, 0.15) is 18.4 Å². The zero-order chi connectivity index (χ0) is 11.2. The van der Waals surface area contributed by atoms with E-state index in [2.05, 4.69) is 5.32 Å². The van der Waals surface area contributed by atoms with Gasteiger partial charge in [0.05, 0.1) is 5.69 Å². The highest BCUT2D eigenvalue weighted by atomic mass is 19.1. The number of amides is 1. The van der Waals surface area contributed by atoms with E-state index >= 15 is 0 Å². The molecule has 0 bridgehead atoms. The molecule has 1 unspecified atom stereocenters. The second-order valence-corrected chi connectivity index (χ2v) is 4.31. The van der Waals surface area contributed by atoms with Gasteiger partial charge >= 0.3 is 0 Å². The summed E-state index contributed by atoms with van der Waals surface area (Å²) < 4.78 is 12.9. The lowest BCUT2D eigenvalue weighted by atomic mass is 9.90. The smallest absolute Gasteiger partial charge is 0.254 e. The van der Waals surface area contributed by atoms with Crippen molar-refractivity contribution >= 4 is 11.6 Å². The lowest BCUT2D eigenvalue weighted by Gasteiger charge is -2.22. The summed E-state index contributed by atoms with van der Waals surface area (Å²) in [4.78, 5) is 13.5. The van der Waals surface area contributed by atoms with Gasteiger partial charge in [-0.2, -0.15) is 0 Å². The number of hydrogen-bond donors (Lipinski definition) is 1. The molecule has 3 nitrogen and oxygen atoms in total. The highest BCUT2D eigenvalue weighted by Gasteiger charge is 2.52. The number of fused-ring (bicyclic) bond motifs is 2. The largest absolute Gasteiger partial charge is 0.300 e. The summed E-state index contributed by atoms with van der Waals surface area (Å²) in [6.07, 6.45) is 1.72. The van der Waals surface area contributed by atoms with Crippen molar-refractivity contribution in [2.24, 2.45) is 0 Å². The summed E-state index contributed by atoms with van der Waals surface area (Å²) in [6, 6.07) is 7.46. The molecule has 84 valence electrons. The van der Waals surface area contributed by atoms with Gasteiger partial charge in [0, 0.05) is 5.56 Å². The van der Waals surface area contributed by atoms with Gasteiger partial charge in [-0.3, -0.25) is 15.0 Å². The zero-order valence-corrected chi connectivity index (χ0v) is 8.87. The second kappa shape index (κ2) is 3.28. The van der Waals surface area contributed by atoms with Gasteiger partial charge in [-0.1, -0.05) is 18.2 Å². The quantitative estimate of drug-likeness (QED) is 0.728. The number of carbonyl (C=O) groups is 1. The van der Waals surface area contributed by atoms with E-state index in [0.717, 1.165) is 24.9 Å². The van der Waals surface area contributed by atoms with Crippen molar-refractivity contribution in [1.29, 1.82) is 0 Å². The van der Waals surface area contributed by atoms with Crippen molar-refractivity contribution in [1.82, 2.24) is 5.32 Å². The monoisotopic (exact) mass is 220 g/mol. The number of carbonyl (C=O) groups excluding carboxylic acids is 1. The molecule has 16 heavy (non-hydrogen) atoms. The minimum Gasteiger partial charge on any atom is -0.300 e. The highest BCUT2D eigenvalue weighted by Crippen LogP contribution is 2.44. The normalized spacial score (nSPS) is 27.8. The third-order valence-corrected chi connectivity index (χ3v) is 3.54. The molecule has 1 amide bonds. The van der Waals surface area contributed by atoms with Crippen molar-refractivity contribution in [3.8, 4) is 0 Å². The lowest BCUT2D eigenvalue weighted by Crippen LogP contribution is -2.46. The van der Waals surface area contributed by atoms with Gasteiger partial charge in [0.15, 0.2) is 6.80 Å². The predicted molar refractivity (Wildman–Crippen MR) is 58.8 cm³/mol. The molecule has 2 aliphatic heterocycles. The Bertz CT molecular complexity index is 440. The van der Waals surface area contributed by atoms with Crippen LogP contribution in [0.3, 0.4) is 0 Å². The van der Waals surface area contributed by atoms with Crippen LogP contribution in [0.2, 0.25) is 0 Å². The fourth-order valence-corrected chi connectivity index (χ4v) is 2.80. The summed E-state index contributed by atoms with van der Waals surface area (Å²) >= 11 is 0. The minimum atomic E-state index is -0.751. The second-order valence-electron chi connectivity index (χ2n) is 4.31. The molecule has 1 N–H and O–H groups in total. The predicted octanol–water partition coefficient (Wildman–Crippen LogP) is 1.54. The Hall–Kier alpha value is -1.42. The number of nitrogens with zero attached hydrogens (tertiary/aromatic N) is 1.